The fraction of sp³-hybridized carbons (Fsp3) is 0.0714. The Bertz CT molecular complexity index is 643. The fourth-order valence-corrected chi connectivity index (χ4v) is 1.87. The maximum Gasteiger partial charge on any atom is 0.256 e. The van der Waals surface area contributed by atoms with Crippen molar-refractivity contribution in [3.05, 3.63) is 58.4 Å². The Balaban J connectivity index is 2.28. The molecule has 0 aromatic heterocycles. The quantitative estimate of drug-likeness (QED) is 0.880. The molecule has 5 heteroatoms. The van der Waals surface area contributed by atoms with Gasteiger partial charge >= 0.3 is 0 Å². The number of aromatic hydroxyl groups is 1. The molecule has 0 saturated heterocycles. The molecule has 2 rings (SSSR count). The average molecular weight is 280 g/mol. The van der Waals surface area contributed by atoms with Crippen molar-refractivity contribution in [3.63, 3.8) is 0 Å². The smallest absolute Gasteiger partial charge is 0.256 e. The van der Waals surface area contributed by atoms with Crippen molar-refractivity contribution in [2.24, 2.45) is 0 Å². The van der Waals surface area contributed by atoms with Crippen LogP contribution in [0.25, 0.3) is 0 Å². The molecule has 0 unspecified atom stereocenters. The number of anilines is 1. The lowest BCUT2D eigenvalue weighted by Crippen LogP contribution is -2.14. The van der Waals surface area contributed by atoms with E-state index in [-0.39, 0.29) is 16.5 Å². The molecule has 0 atom stereocenters. The van der Waals surface area contributed by atoms with E-state index in [1.807, 2.05) is 0 Å². The Labute approximate surface area is 114 Å². The van der Waals surface area contributed by atoms with Crippen LogP contribution < -0.4 is 5.32 Å². The van der Waals surface area contributed by atoms with E-state index in [0.29, 0.717) is 11.1 Å². The largest absolute Gasteiger partial charge is 0.508 e. The van der Waals surface area contributed by atoms with E-state index in [4.69, 9.17) is 11.6 Å². The van der Waals surface area contributed by atoms with Gasteiger partial charge in [0.1, 0.15) is 5.75 Å². The van der Waals surface area contributed by atoms with Crippen molar-refractivity contribution in [2.45, 2.75) is 6.92 Å². The van der Waals surface area contributed by atoms with Crippen LogP contribution in [0, 0.1) is 12.7 Å². The number of hydrogen-bond donors (Lipinski definition) is 2. The normalized spacial score (nSPS) is 10.3. The number of carbonyl (C=O) groups is 1. The number of nitrogens with one attached hydrogen (secondary N) is 1. The van der Waals surface area contributed by atoms with Gasteiger partial charge in [-0.25, -0.2) is 4.39 Å². The van der Waals surface area contributed by atoms with Gasteiger partial charge in [-0.1, -0.05) is 17.7 Å². The average Bonchev–Trinajstić information content (AvgIpc) is 2.34. The number of hydrogen-bond acceptors (Lipinski definition) is 2. The summed E-state index contributed by atoms with van der Waals surface area (Å²) >= 11 is 5.64. The van der Waals surface area contributed by atoms with Crippen molar-refractivity contribution >= 4 is 23.2 Å². The molecule has 0 aliphatic rings. The van der Waals surface area contributed by atoms with Crippen LogP contribution in [0.15, 0.2) is 36.4 Å². The maximum absolute atomic E-state index is 13.7. The summed E-state index contributed by atoms with van der Waals surface area (Å²) in [5.41, 5.74) is 0.974. The number of benzene rings is 2. The minimum absolute atomic E-state index is 0.0185. The van der Waals surface area contributed by atoms with Crippen molar-refractivity contribution in [1.29, 1.82) is 0 Å². The molecular weight excluding hydrogens is 269 g/mol. The summed E-state index contributed by atoms with van der Waals surface area (Å²) in [6.45, 7) is 1.68. The molecule has 0 aliphatic heterocycles. The van der Waals surface area contributed by atoms with Crippen LogP contribution in [0.5, 0.6) is 5.75 Å². The molecule has 0 spiro atoms. The summed E-state index contributed by atoms with van der Waals surface area (Å²) in [6, 6.07) is 8.71. The molecule has 2 aromatic rings. The molecule has 2 N–H and O–H groups in total. The Morgan fingerprint density at radius 3 is 2.74 bits per heavy atom. The third-order valence-electron chi connectivity index (χ3n) is 2.65. The van der Waals surface area contributed by atoms with Crippen molar-refractivity contribution in [2.75, 3.05) is 5.32 Å². The molecule has 0 heterocycles. The molecule has 0 radical (unpaired) electrons. The van der Waals surface area contributed by atoms with Gasteiger partial charge in [0.25, 0.3) is 5.91 Å². The standard InChI is InChI=1S/C14H11ClFNO2/c1-8-7-9(18)5-6-10(8)14(19)17-12-4-2-3-11(15)13(12)16/h2-7,18H,1H3,(H,17,19). The van der Waals surface area contributed by atoms with E-state index >= 15 is 0 Å². The monoisotopic (exact) mass is 279 g/mol. The maximum atomic E-state index is 13.7. The number of amides is 1. The third-order valence-corrected chi connectivity index (χ3v) is 2.95. The highest BCUT2D eigenvalue weighted by atomic mass is 35.5. The molecule has 2 aromatic carbocycles. The van der Waals surface area contributed by atoms with Crippen LogP contribution in [-0.2, 0) is 0 Å². The Morgan fingerprint density at radius 2 is 2.05 bits per heavy atom. The van der Waals surface area contributed by atoms with E-state index in [1.165, 1.54) is 30.3 Å². The van der Waals surface area contributed by atoms with Crippen molar-refractivity contribution in [3.8, 4) is 5.75 Å². The lowest BCUT2D eigenvalue weighted by atomic mass is 10.1. The number of phenols is 1. The van der Waals surface area contributed by atoms with E-state index in [2.05, 4.69) is 5.32 Å². The van der Waals surface area contributed by atoms with Crippen LogP contribution in [0.2, 0.25) is 5.02 Å². The zero-order valence-electron chi connectivity index (χ0n) is 10.1. The summed E-state index contributed by atoms with van der Waals surface area (Å²) in [5.74, 6) is -1.06. The van der Waals surface area contributed by atoms with E-state index in [0.717, 1.165) is 0 Å². The molecule has 3 nitrogen and oxygen atoms in total. The van der Waals surface area contributed by atoms with Crippen LogP contribution in [-0.4, -0.2) is 11.0 Å². The first-order valence-electron chi connectivity index (χ1n) is 5.54. The zero-order chi connectivity index (χ0) is 14.0. The van der Waals surface area contributed by atoms with E-state index in [1.54, 1.807) is 13.0 Å². The van der Waals surface area contributed by atoms with Gasteiger partial charge in [-0.2, -0.15) is 0 Å². The minimum Gasteiger partial charge on any atom is -0.508 e. The second-order valence-corrected chi connectivity index (χ2v) is 4.46. The molecular formula is C14H11ClFNO2. The third kappa shape index (κ3) is 2.85. The number of carbonyl (C=O) groups excluding carboxylic acids is 1. The van der Waals surface area contributed by atoms with Crippen LogP contribution >= 0.6 is 11.6 Å². The van der Waals surface area contributed by atoms with Gasteiger partial charge in [-0.05, 0) is 42.8 Å². The lowest BCUT2D eigenvalue weighted by molar-refractivity contribution is 0.102. The molecule has 0 bridgehead atoms. The minimum atomic E-state index is -0.672. The summed E-state index contributed by atoms with van der Waals surface area (Å²) in [7, 11) is 0. The number of phenolic OH excluding ortho intramolecular Hbond substituents is 1. The van der Waals surface area contributed by atoms with Gasteiger partial charge in [-0.15, -0.1) is 0 Å². The number of halogens is 2. The summed E-state index contributed by atoms with van der Waals surface area (Å²) in [5, 5.41) is 11.7. The first kappa shape index (κ1) is 13.4. The highest BCUT2D eigenvalue weighted by Crippen LogP contribution is 2.23. The van der Waals surface area contributed by atoms with Crippen LogP contribution in [0.4, 0.5) is 10.1 Å². The van der Waals surface area contributed by atoms with E-state index < -0.39 is 11.7 Å². The molecule has 0 aliphatic carbocycles. The molecule has 98 valence electrons. The Morgan fingerprint density at radius 1 is 1.32 bits per heavy atom. The Kier molecular flexibility index (Phi) is 3.71. The van der Waals surface area contributed by atoms with Crippen molar-refractivity contribution < 1.29 is 14.3 Å². The highest BCUT2D eigenvalue weighted by molar-refractivity contribution is 6.31. The van der Waals surface area contributed by atoms with Gasteiger partial charge in [0.15, 0.2) is 5.82 Å². The predicted molar refractivity (Wildman–Crippen MR) is 72.2 cm³/mol. The first-order valence-corrected chi connectivity index (χ1v) is 5.92. The first-order chi connectivity index (χ1) is 8.99. The number of aryl methyl sites for hydroxylation is 1. The molecule has 0 saturated carbocycles. The Hall–Kier alpha value is -2.07. The molecule has 1 amide bonds. The molecule has 0 fully saturated rings. The van der Waals surface area contributed by atoms with Crippen LogP contribution in [0.3, 0.4) is 0 Å². The second kappa shape index (κ2) is 5.28. The zero-order valence-corrected chi connectivity index (χ0v) is 10.8. The topological polar surface area (TPSA) is 49.3 Å². The van der Waals surface area contributed by atoms with Gasteiger partial charge in [0.05, 0.1) is 10.7 Å². The molecule has 19 heavy (non-hydrogen) atoms. The summed E-state index contributed by atoms with van der Waals surface area (Å²) in [6.07, 6.45) is 0. The predicted octanol–water partition coefficient (Wildman–Crippen LogP) is 3.75. The lowest BCUT2D eigenvalue weighted by Gasteiger charge is -2.09. The summed E-state index contributed by atoms with van der Waals surface area (Å²) < 4.78 is 13.7. The van der Waals surface area contributed by atoms with Crippen LogP contribution in [0.1, 0.15) is 15.9 Å². The van der Waals surface area contributed by atoms with Gasteiger partial charge in [0.2, 0.25) is 0 Å². The SMILES string of the molecule is Cc1cc(O)ccc1C(=O)Nc1cccc(Cl)c1F. The van der Waals surface area contributed by atoms with Crippen molar-refractivity contribution in [1.82, 2.24) is 0 Å². The number of rotatable bonds is 2. The van der Waals surface area contributed by atoms with Gasteiger partial charge in [-0.3, -0.25) is 4.79 Å². The second-order valence-electron chi connectivity index (χ2n) is 4.05. The van der Waals surface area contributed by atoms with Gasteiger partial charge < -0.3 is 10.4 Å². The fourth-order valence-electron chi connectivity index (χ4n) is 1.69. The summed E-state index contributed by atoms with van der Waals surface area (Å²) in [4.78, 5) is 12.0. The van der Waals surface area contributed by atoms with E-state index in [9.17, 15) is 14.3 Å². The van der Waals surface area contributed by atoms with Gasteiger partial charge in [0, 0.05) is 5.56 Å². The highest BCUT2D eigenvalue weighted by Gasteiger charge is 2.13.